The number of benzene rings is 1. The number of carbonyl (C=O) groups is 2. The molecule has 10 heteroatoms. The Kier molecular flexibility index (Phi) is 5.57. The van der Waals surface area contributed by atoms with Gasteiger partial charge in [-0.15, -0.1) is 0 Å². The van der Waals surface area contributed by atoms with Gasteiger partial charge in [-0.25, -0.2) is 14.8 Å². The van der Waals surface area contributed by atoms with E-state index in [0.717, 1.165) is 42.8 Å². The number of rotatable bonds is 4. The summed E-state index contributed by atoms with van der Waals surface area (Å²) in [7, 11) is 0. The number of carbonyl (C=O) groups excluding carboxylic acids is 2. The Labute approximate surface area is 204 Å². The number of fused-ring (bicyclic) bond motifs is 3. The van der Waals surface area contributed by atoms with E-state index in [9.17, 15) is 9.59 Å². The van der Waals surface area contributed by atoms with Crippen molar-refractivity contribution in [2.24, 2.45) is 0 Å². The molecule has 3 aliphatic heterocycles. The first kappa shape index (κ1) is 22.2. The van der Waals surface area contributed by atoms with Crippen molar-refractivity contribution in [2.45, 2.75) is 50.2 Å². The molecule has 0 radical (unpaired) electrons. The second-order valence-electron chi connectivity index (χ2n) is 9.85. The maximum absolute atomic E-state index is 13.8. The highest BCUT2D eigenvalue weighted by Gasteiger charge is 2.52. The molecule has 184 valence electrons. The maximum Gasteiger partial charge on any atom is 0.319 e. The van der Waals surface area contributed by atoms with Crippen LogP contribution in [0.25, 0.3) is 11.4 Å². The van der Waals surface area contributed by atoms with E-state index < -0.39 is 5.54 Å². The quantitative estimate of drug-likeness (QED) is 0.695. The minimum absolute atomic E-state index is 0.0350. The van der Waals surface area contributed by atoms with Crippen molar-refractivity contribution in [1.82, 2.24) is 15.3 Å². The van der Waals surface area contributed by atoms with Gasteiger partial charge in [0.15, 0.2) is 11.6 Å². The van der Waals surface area contributed by atoms with E-state index >= 15 is 0 Å². The topological polar surface area (TPSA) is 109 Å². The highest BCUT2D eigenvalue weighted by molar-refractivity contribution is 6.08. The first-order valence-electron chi connectivity index (χ1n) is 12.3. The van der Waals surface area contributed by atoms with Gasteiger partial charge in [0.1, 0.15) is 11.2 Å². The molecule has 1 aromatic heterocycles. The average Bonchev–Trinajstić information content (AvgIpc) is 3.69. The monoisotopic (exact) mass is 478 g/mol. The van der Waals surface area contributed by atoms with Crippen molar-refractivity contribution < 1.29 is 19.1 Å². The third-order valence-corrected chi connectivity index (χ3v) is 7.25. The SMILES string of the molecule is C[C@@]12COCCN1c1nc(-c3ccc(NC(=O)NC4CC4)cc3)ncc1N(C1CCOCC1)C2=O. The molecule has 1 aliphatic carbocycles. The molecule has 4 heterocycles. The van der Waals surface area contributed by atoms with Gasteiger partial charge in [0.25, 0.3) is 5.91 Å². The van der Waals surface area contributed by atoms with Crippen molar-refractivity contribution in [3.8, 4) is 11.4 Å². The van der Waals surface area contributed by atoms with Crippen molar-refractivity contribution in [3.63, 3.8) is 0 Å². The second kappa shape index (κ2) is 8.76. The molecular formula is C25H30N6O4. The fourth-order valence-corrected chi connectivity index (χ4v) is 5.10. The Hall–Kier alpha value is -3.24. The molecule has 1 atom stereocenters. The molecule has 3 fully saturated rings. The van der Waals surface area contributed by atoms with E-state index in [1.165, 1.54) is 0 Å². The van der Waals surface area contributed by atoms with E-state index in [1.54, 1.807) is 6.20 Å². The van der Waals surface area contributed by atoms with Gasteiger partial charge in [0, 0.05) is 43.1 Å². The number of anilines is 3. The maximum atomic E-state index is 13.8. The summed E-state index contributed by atoms with van der Waals surface area (Å²) in [6, 6.07) is 7.67. The summed E-state index contributed by atoms with van der Waals surface area (Å²) in [5, 5.41) is 5.78. The van der Waals surface area contributed by atoms with Crippen molar-refractivity contribution in [2.75, 3.05) is 48.1 Å². The lowest BCUT2D eigenvalue weighted by molar-refractivity contribution is -0.128. The first-order chi connectivity index (χ1) is 17.0. The minimum Gasteiger partial charge on any atom is -0.381 e. The summed E-state index contributed by atoms with van der Waals surface area (Å²) in [6.07, 6.45) is 5.43. The summed E-state index contributed by atoms with van der Waals surface area (Å²) < 4.78 is 11.3. The summed E-state index contributed by atoms with van der Waals surface area (Å²) in [5.74, 6) is 1.37. The number of morpholine rings is 1. The van der Waals surface area contributed by atoms with E-state index in [2.05, 4.69) is 20.5 Å². The number of ether oxygens (including phenoxy) is 2. The number of hydrogen-bond acceptors (Lipinski definition) is 7. The van der Waals surface area contributed by atoms with Crippen LogP contribution in [0.1, 0.15) is 32.6 Å². The number of amides is 3. The Balaban J connectivity index is 1.32. The van der Waals surface area contributed by atoms with Gasteiger partial charge in [-0.1, -0.05) is 0 Å². The molecule has 2 aromatic rings. The molecule has 1 aromatic carbocycles. The molecule has 3 amide bonds. The fourth-order valence-electron chi connectivity index (χ4n) is 5.10. The lowest BCUT2D eigenvalue weighted by Gasteiger charge is -2.52. The van der Waals surface area contributed by atoms with Gasteiger partial charge in [-0.2, -0.15) is 0 Å². The molecular weight excluding hydrogens is 448 g/mol. The molecule has 0 unspecified atom stereocenters. The van der Waals surface area contributed by atoms with Gasteiger partial charge in [0.2, 0.25) is 0 Å². The number of urea groups is 1. The molecule has 35 heavy (non-hydrogen) atoms. The van der Waals surface area contributed by atoms with Crippen LogP contribution in [-0.2, 0) is 14.3 Å². The van der Waals surface area contributed by atoms with Crippen molar-refractivity contribution in [3.05, 3.63) is 30.5 Å². The Morgan fingerprint density at radius 1 is 1.09 bits per heavy atom. The number of aromatic nitrogens is 2. The van der Waals surface area contributed by atoms with E-state index in [1.807, 2.05) is 36.1 Å². The second-order valence-corrected chi connectivity index (χ2v) is 9.85. The van der Waals surface area contributed by atoms with E-state index in [0.29, 0.717) is 50.5 Å². The van der Waals surface area contributed by atoms with Crippen LogP contribution in [-0.4, -0.2) is 72.5 Å². The highest BCUT2D eigenvalue weighted by atomic mass is 16.5. The Morgan fingerprint density at radius 3 is 2.60 bits per heavy atom. The molecule has 10 nitrogen and oxygen atoms in total. The molecule has 6 rings (SSSR count). The largest absolute Gasteiger partial charge is 0.381 e. The number of nitrogens with zero attached hydrogens (tertiary/aromatic N) is 4. The third kappa shape index (κ3) is 4.10. The van der Waals surface area contributed by atoms with Crippen LogP contribution in [0.3, 0.4) is 0 Å². The molecule has 2 N–H and O–H groups in total. The molecule has 2 saturated heterocycles. The van der Waals surface area contributed by atoms with Gasteiger partial charge >= 0.3 is 6.03 Å². The summed E-state index contributed by atoms with van der Waals surface area (Å²) >= 11 is 0. The standard InChI is InChI=1S/C25H30N6O4/c1-25-15-35-13-10-30(25)22-20(31(23(25)32)19-8-11-34-12-9-19)14-26-21(29-22)16-2-4-17(5-3-16)27-24(33)28-18-6-7-18/h2-5,14,18-19H,6-13,15H2,1H3,(H2,27,28,33)/t25-/m0/s1. The van der Waals surface area contributed by atoms with Crippen LogP contribution >= 0.6 is 0 Å². The van der Waals surface area contributed by atoms with Crippen LogP contribution < -0.4 is 20.4 Å². The smallest absolute Gasteiger partial charge is 0.319 e. The van der Waals surface area contributed by atoms with E-state index in [-0.39, 0.29) is 18.0 Å². The van der Waals surface area contributed by atoms with Crippen LogP contribution in [0.2, 0.25) is 0 Å². The van der Waals surface area contributed by atoms with Crippen LogP contribution in [0.4, 0.5) is 22.0 Å². The molecule has 0 spiro atoms. The fraction of sp³-hybridized carbons (Fsp3) is 0.520. The van der Waals surface area contributed by atoms with Crippen molar-refractivity contribution >= 4 is 29.1 Å². The van der Waals surface area contributed by atoms with Crippen LogP contribution in [0, 0.1) is 0 Å². The lowest BCUT2D eigenvalue weighted by atomic mass is 9.91. The zero-order valence-corrected chi connectivity index (χ0v) is 19.8. The van der Waals surface area contributed by atoms with Crippen LogP contribution in [0.5, 0.6) is 0 Å². The summed E-state index contributed by atoms with van der Waals surface area (Å²) in [6.45, 7) is 4.68. The Morgan fingerprint density at radius 2 is 1.86 bits per heavy atom. The lowest BCUT2D eigenvalue weighted by Crippen LogP contribution is -2.69. The average molecular weight is 479 g/mol. The van der Waals surface area contributed by atoms with Gasteiger partial charge in [0.05, 0.1) is 19.4 Å². The summed E-state index contributed by atoms with van der Waals surface area (Å²) in [4.78, 5) is 39.4. The number of hydrogen-bond donors (Lipinski definition) is 2. The van der Waals surface area contributed by atoms with Gasteiger partial charge in [-0.3, -0.25) is 4.79 Å². The van der Waals surface area contributed by atoms with Crippen molar-refractivity contribution in [1.29, 1.82) is 0 Å². The normalized spacial score (nSPS) is 24.5. The zero-order valence-electron chi connectivity index (χ0n) is 19.8. The molecule has 1 saturated carbocycles. The Bertz CT molecular complexity index is 1130. The highest BCUT2D eigenvalue weighted by Crippen LogP contribution is 2.43. The molecule has 0 bridgehead atoms. The zero-order chi connectivity index (χ0) is 24.0. The third-order valence-electron chi connectivity index (χ3n) is 7.25. The summed E-state index contributed by atoms with van der Waals surface area (Å²) in [5.41, 5.74) is 1.49. The van der Waals surface area contributed by atoms with Crippen LogP contribution in [0.15, 0.2) is 30.5 Å². The first-order valence-corrected chi connectivity index (χ1v) is 12.3. The van der Waals surface area contributed by atoms with E-state index in [4.69, 9.17) is 14.5 Å². The van der Waals surface area contributed by atoms with Gasteiger partial charge < -0.3 is 29.9 Å². The predicted molar refractivity (Wildman–Crippen MR) is 131 cm³/mol. The number of nitrogens with one attached hydrogen (secondary N) is 2. The minimum atomic E-state index is -0.808. The predicted octanol–water partition coefficient (Wildman–Crippen LogP) is 2.55. The van der Waals surface area contributed by atoms with Gasteiger partial charge in [-0.05, 0) is 56.9 Å². The molecule has 4 aliphatic rings.